The lowest BCUT2D eigenvalue weighted by Gasteiger charge is -2.49. The second kappa shape index (κ2) is 6.94. The van der Waals surface area contributed by atoms with Crippen LogP contribution in [0.5, 0.6) is 0 Å². The lowest BCUT2D eigenvalue weighted by molar-refractivity contribution is -0.137. The van der Waals surface area contributed by atoms with E-state index in [1.165, 1.54) is 5.57 Å². The molecule has 0 aromatic rings. The largest absolute Gasteiger partial charge is 0.443 e. The smallest absolute Gasteiger partial charge is 0.410 e. The van der Waals surface area contributed by atoms with Crippen LogP contribution in [-0.4, -0.2) is 80.0 Å². The van der Waals surface area contributed by atoms with Crippen molar-refractivity contribution in [2.45, 2.75) is 87.6 Å². The molecule has 8 atom stereocenters. The van der Waals surface area contributed by atoms with Gasteiger partial charge in [0.25, 0.3) is 0 Å². The molecule has 5 rings (SSSR count). The molecule has 7 nitrogen and oxygen atoms in total. The number of amides is 1. The Labute approximate surface area is 172 Å². The summed E-state index contributed by atoms with van der Waals surface area (Å²) in [6, 6.07) is 0.106. The quantitative estimate of drug-likeness (QED) is 0.498. The fraction of sp³-hybridized carbons (Fsp3) is 0.864. The maximum Gasteiger partial charge on any atom is 0.410 e. The van der Waals surface area contributed by atoms with Gasteiger partial charge in [0.1, 0.15) is 29.5 Å². The molecule has 5 unspecified atom stereocenters. The van der Waals surface area contributed by atoms with Crippen molar-refractivity contribution in [3.63, 3.8) is 0 Å². The summed E-state index contributed by atoms with van der Waals surface area (Å²) in [5.74, 6) is 0.139. The molecule has 7 heteroatoms. The lowest BCUT2D eigenvalue weighted by atomic mass is 9.55. The molecule has 2 aliphatic carbocycles. The number of ether oxygens (including phenoxy) is 5. The second-order valence-electron chi connectivity index (χ2n) is 9.51. The van der Waals surface area contributed by atoms with Gasteiger partial charge >= 0.3 is 6.09 Å². The van der Waals surface area contributed by atoms with E-state index < -0.39 is 0 Å². The third kappa shape index (κ3) is 2.81. The van der Waals surface area contributed by atoms with Crippen LogP contribution >= 0.6 is 0 Å². The van der Waals surface area contributed by atoms with Crippen LogP contribution in [0.25, 0.3) is 0 Å². The standard InChI is InChI=1S/C22H33NO6/c1-13(2)7-8-16-22(28-16)18-17(26-4)15(9-10-21(18)19(22)29-21)27-20(24)23-11-5-6-14(23)12-25-3/h7,14-19H,5-6,8-12H2,1-4H3/t14-,15?,16+,17?,18?,19?,21+,22?/m0/s1. The summed E-state index contributed by atoms with van der Waals surface area (Å²) >= 11 is 0. The number of carbonyl (C=O) groups excluding carboxylic acids is 1. The molecule has 0 radical (unpaired) electrons. The Kier molecular flexibility index (Phi) is 4.74. The van der Waals surface area contributed by atoms with Crippen LogP contribution in [0.1, 0.15) is 46.0 Å². The molecule has 3 saturated heterocycles. The first-order valence-electron chi connectivity index (χ1n) is 11.0. The zero-order valence-electron chi connectivity index (χ0n) is 17.9. The van der Waals surface area contributed by atoms with Crippen molar-refractivity contribution in [1.82, 2.24) is 4.90 Å². The number of allylic oxidation sites excluding steroid dienone is 1. The minimum atomic E-state index is -0.262. The minimum absolute atomic E-state index is 0.106. The number of fused-ring (bicyclic) bond motifs is 2. The third-order valence-electron chi connectivity index (χ3n) is 7.69. The zero-order chi connectivity index (χ0) is 20.4. The Morgan fingerprint density at radius 1 is 1.24 bits per heavy atom. The molecular formula is C22H33NO6. The highest BCUT2D eigenvalue weighted by Gasteiger charge is 2.94. The van der Waals surface area contributed by atoms with Gasteiger partial charge in [-0.2, -0.15) is 0 Å². The van der Waals surface area contributed by atoms with Gasteiger partial charge in [0, 0.05) is 20.8 Å². The molecule has 3 aliphatic heterocycles. The van der Waals surface area contributed by atoms with E-state index in [0.717, 1.165) is 38.6 Å². The summed E-state index contributed by atoms with van der Waals surface area (Å²) < 4.78 is 29.6. The predicted octanol–water partition coefficient (Wildman–Crippen LogP) is 2.67. The molecule has 3 heterocycles. The van der Waals surface area contributed by atoms with Crippen LogP contribution in [-0.2, 0) is 23.7 Å². The average molecular weight is 408 g/mol. The highest BCUT2D eigenvalue weighted by molar-refractivity contribution is 5.68. The Hall–Kier alpha value is -1.15. The number of rotatable bonds is 6. The topological polar surface area (TPSA) is 73.1 Å². The zero-order valence-corrected chi connectivity index (χ0v) is 17.9. The van der Waals surface area contributed by atoms with Crippen LogP contribution in [0.2, 0.25) is 0 Å². The summed E-state index contributed by atoms with van der Waals surface area (Å²) in [7, 11) is 3.39. The van der Waals surface area contributed by atoms with Crippen LogP contribution in [0.15, 0.2) is 11.6 Å². The highest BCUT2D eigenvalue weighted by Crippen LogP contribution is 2.77. The van der Waals surface area contributed by atoms with Crippen molar-refractivity contribution in [3.8, 4) is 0 Å². The van der Waals surface area contributed by atoms with E-state index in [0.29, 0.717) is 6.61 Å². The Morgan fingerprint density at radius 3 is 2.79 bits per heavy atom. The van der Waals surface area contributed by atoms with E-state index in [-0.39, 0.29) is 53.7 Å². The van der Waals surface area contributed by atoms with Crippen molar-refractivity contribution >= 4 is 6.09 Å². The summed E-state index contributed by atoms with van der Waals surface area (Å²) in [4.78, 5) is 14.7. The molecule has 5 aliphatic rings. The van der Waals surface area contributed by atoms with Crippen molar-refractivity contribution in [3.05, 3.63) is 11.6 Å². The number of hydrogen-bond donors (Lipinski definition) is 0. The molecule has 0 aromatic heterocycles. The van der Waals surface area contributed by atoms with Crippen molar-refractivity contribution in [2.24, 2.45) is 5.92 Å². The van der Waals surface area contributed by atoms with E-state index >= 15 is 0 Å². The van der Waals surface area contributed by atoms with Gasteiger partial charge in [0.15, 0.2) is 0 Å². The molecule has 162 valence electrons. The SMILES string of the molecule is COC[C@@H]1CCCN1C(=O)OC1CC[C@]23OC2C2(O[C@@H]2CC=C(C)C)C3C1OC. The second-order valence-corrected chi connectivity index (χ2v) is 9.51. The maximum absolute atomic E-state index is 12.9. The molecule has 0 aromatic carbocycles. The van der Waals surface area contributed by atoms with Crippen LogP contribution in [0.4, 0.5) is 4.79 Å². The Morgan fingerprint density at radius 2 is 2.07 bits per heavy atom. The monoisotopic (exact) mass is 407 g/mol. The van der Waals surface area contributed by atoms with Gasteiger partial charge in [-0.05, 0) is 46.0 Å². The molecule has 0 bridgehead atoms. The summed E-state index contributed by atoms with van der Waals surface area (Å²) in [6.45, 7) is 5.50. The van der Waals surface area contributed by atoms with Gasteiger partial charge in [-0.3, -0.25) is 0 Å². The van der Waals surface area contributed by atoms with Crippen LogP contribution < -0.4 is 0 Å². The predicted molar refractivity (Wildman–Crippen MR) is 105 cm³/mol. The Balaban J connectivity index is 1.27. The Bertz CT molecular complexity index is 707. The van der Waals surface area contributed by atoms with Gasteiger partial charge in [-0.1, -0.05) is 11.6 Å². The maximum atomic E-state index is 12.9. The normalized spacial score (nSPS) is 46.6. The molecule has 0 N–H and O–H groups in total. The summed E-state index contributed by atoms with van der Waals surface area (Å²) in [5.41, 5.74) is 0.937. The van der Waals surface area contributed by atoms with Gasteiger partial charge < -0.3 is 28.6 Å². The summed E-state index contributed by atoms with van der Waals surface area (Å²) in [5, 5.41) is 0. The number of methoxy groups -OCH3 is 2. The third-order valence-corrected chi connectivity index (χ3v) is 7.69. The van der Waals surface area contributed by atoms with Gasteiger partial charge in [0.05, 0.1) is 24.7 Å². The number of likely N-dealkylation sites (tertiary alicyclic amines) is 1. The van der Waals surface area contributed by atoms with E-state index in [1.54, 1.807) is 14.2 Å². The fourth-order valence-electron chi connectivity index (χ4n) is 6.32. The molecule has 2 saturated carbocycles. The van der Waals surface area contributed by atoms with Crippen LogP contribution in [0.3, 0.4) is 0 Å². The first-order valence-corrected chi connectivity index (χ1v) is 11.0. The fourth-order valence-corrected chi connectivity index (χ4v) is 6.32. The van der Waals surface area contributed by atoms with E-state index in [4.69, 9.17) is 23.7 Å². The number of nitrogens with zero attached hydrogens (tertiary/aromatic N) is 1. The highest BCUT2D eigenvalue weighted by atomic mass is 16.7. The van der Waals surface area contributed by atoms with E-state index in [9.17, 15) is 4.79 Å². The first-order chi connectivity index (χ1) is 14.0. The molecule has 5 fully saturated rings. The minimum Gasteiger partial charge on any atom is -0.443 e. The first kappa shape index (κ1) is 19.8. The van der Waals surface area contributed by atoms with Crippen molar-refractivity contribution in [1.29, 1.82) is 0 Å². The van der Waals surface area contributed by atoms with Crippen molar-refractivity contribution in [2.75, 3.05) is 27.4 Å². The summed E-state index contributed by atoms with van der Waals surface area (Å²) in [6.07, 6.45) is 6.44. The van der Waals surface area contributed by atoms with Crippen LogP contribution in [0, 0.1) is 5.92 Å². The number of epoxide rings is 2. The number of hydrogen-bond acceptors (Lipinski definition) is 6. The average Bonchev–Trinajstić information content (AvgIpc) is 3.51. The van der Waals surface area contributed by atoms with Crippen molar-refractivity contribution < 1.29 is 28.5 Å². The van der Waals surface area contributed by atoms with E-state index in [1.807, 2.05) is 4.90 Å². The number of carbonyl (C=O) groups is 1. The molecule has 29 heavy (non-hydrogen) atoms. The van der Waals surface area contributed by atoms with Gasteiger partial charge in [-0.15, -0.1) is 0 Å². The lowest BCUT2D eigenvalue weighted by Crippen LogP contribution is -2.66. The van der Waals surface area contributed by atoms with E-state index in [2.05, 4.69) is 19.9 Å². The van der Waals surface area contributed by atoms with Gasteiger partial charge in [0.2, 0.25) is 0 Å². The molecule has 1 amide bonds. The molecule has 2 spiro atoms. The molecular weight excluding hydrogens is 374 g/mol. The van der Waals surface area contributed by atoms with Gasteiger partial charge in [-0.25, -0.2) is 4.79 Å².